The average molecular weight is 566 g/mol. The van der Waals surface area contributed by atoms with Gasteiger partial charge in [0.2, 0.25) is 4.88 Å². The van der Waals surface area contributed by atoms with E-state index in [1.54, 1.807) is 12.1 Å². The smallest absolute Gasteiger partial charge is 0.270 e. The first-order chi connectivity index (χ1) is 18.6. The zero-order valence-corrected chi connectivity index (χ0v) is 23.8. The van der Waals surface area contributed by atoms with Crippen LogP contribution in [0.2, 0.25) is 0 Å². The predicted octanol–water partition coefficient (Wildman–Crippen LogP) is 6.31. The summed E-state index contributed by atoms with van der Waals surface area (Å²) < 4.78 is 51.3. The van der Waals surface area contributed by atoms with Gasteiger partial charge >= 0.3 is 0 Å². The maximum absolute atomic E-state index is 12.0. The molecule has 1 aromatic heterocycles. The number of benzene rings is 3. The molecule has 7 nitrogen and oxygen atoms in total. The van der Waals surface area contributed by atoms with Crippen molar-refractivity contribution in [2.45, 2.75) is 46.3 Å². The van der Waals surface area contributed by atoms with Crippen LogP contribution in [0.25, 0.3) is 21.6 Å². The van der Waals surface area contributed by atoms with Crippen LogP contribution >= 0.6 is 10.9 Å². The van der Waals surface area contributed by atoms with Gasteiger partial charge < -0.3 is 19.1 Å². The average Bonchev–Trinajstić information content (AvgIpc) is 3.23. The summed E-state index contributed by atoms with van der Waals surface area (Å²) in [5.74, 6) is 1.60. The number of nitrogens with zero attached hydrogens (tertiary/aromatic N) is 1. The summed E-state index contributed by atoms with van der Waals surface area (Å²) in [7, 11) is -4.51. The van der Waals surface area contributed by atoms with Crippen molar-refractivity contribution in [1.82, 2.24) is 4.37 Å². The molecule has 0 amide bonds. The Kier molecular flexibility index (Phi) is 7.66. The fraction of sp³-hybridized carbons (Fsp3) is 0.300. The Balaban J connectivity index is 1.30. The minimum Gasteiger partial charge on any atom is -0.568 e. The summed E-state index contributed by atoms with van der Waals surface area (Å²) in [5, 5.41) is 9.49. The summed E-state index contributed by atoms with van der Waals surface area (Å²) in [5.41, 5.74) is 7.40. The standard InChI is InChI=1S/C30H31NO6S2/c1-19-15-26(37-25-11-13-39(34,35)14-12-25)16-20(2)30(19)27-6-4-5-23(21(27)3)18-36-24-9-7-22(8-10-24)28-17-29(32)31-38(28)33/h4-10,15-17,25H,11-14,18H2,1-3H3,(H,31,32). The number of ether oxygens (including phenoxy) is 2. The van der Waals surface area contributed by atoms with Crippen LogP contribution in [0.1, 0.15) is 35.1 Å². The molecule has 39 heavy (non-hydrogen) atoms. The van der Waals surface area contributed by atoms with Crippen LogP contribution in [0.15, 0.2) is 60.7 Å². The van der Waals surface area contributed by atoms with Gasteiger partial charge in [0, 0.05) is 9.94 Å². The molecule has 1 N–H and O–H groups in total. The van der Waals surface area contributed by atoms with E-state index < -0.39 is 20.8 Å². The first kappa shape index (κ1) is 27.2. The van der Waals surface area contributed by atoms with E-state index in [0.717, 1.165) is 44.7 Å². The molecular weight excluding hydrogens is 534 g/mol. The van der Waals surface area contributed by atoms with Gasteiger partial charge in [-0.3, -0.25) is 0 Å². The number of rotatable bonds is 7. The summed E-state index contributed by atoms with van der Waals surface area (Å²) in [4.78, 5) is 0.469. The molecule has 0 bridgehead atoms. The molecule has 204 valence electrons. The van der Waals surface area contributed by atoms with Crippen molar-refractivity contribution < 1.29 is 27.6 Å². The van der Waals surface area contributed by atoms with Crippen LogP contribution in [0.3, 0.4) is 0 Å². The maximum atomic E-state index is 12.0. The predicted molar refractivity (Wildman–Crippen MR) is 153 cm³/mol. The highest BCUT2D eigenvalue weighted by atomic mass is 32.2. The molecule has 4 aromatic rings. The lowest BCUT2D eigenvalue weighted by molar-refractivity contribution is 0.189. The molecule has 1 saturated heterocycles. The van der Waals surface area contributed by atoms with E-state index in [-0.39, 0.29) is 23.5 Å². The van der Waals surface area contributed by atoms with Crippen molar-refractivity contribution in [3.8, 4) is 38.9 Å². The van der Waals surface area contributed by atoms with Crippen molar-refractivity contribution in [2.24, 2.45) is 0 Å². The van der Waals surface area contributed by atoms with Gasteiger partial charge in [0.1, 0.15) is 24.2 Å². The number of sulfone groups is 1. The molecule has 1 aliphatic rings. The fourth-order valence-electron chi connectivity index (χ4n) is 5.09. The minimum atomic E-state index is -2.92. The molecule has 5 rings (SSSR count). The van der Waals surface area contributed by atoms with Gasteiger partial charge in [0.05, 0.1) is 28.5 Å². The SMILES string of the molecule is Cc1cc(OC2CCS(=O)(=O)CC2)cc(C)c1-c1cccc(COc2ccc(-c3cc(O)n[s+]3[O-])cc2)c1C. The summed E-state index contributed by atoms with van der Waals surface area (Å²) in [6.45, 7) is 6.63. The van der Waals surface area contributed by atoms with Gasteiger partial charge in [-0.15, -0.1) is 0 Å². The molecule has 9 heteroatoms. The molecular formula is C30H31NO6S2. The van der Waals surface area contributed by atoms with Crippen molar-refractivity contribution in [1.29, 1.82) is 0 Å². The van der Waals surface area contributed by atoms with Crippen LogP contribution in [0, 0.1) is 20.8 Å². The number of aryl methyl sites for hydroxylation is 2. The van der Waals surface area contributed by atoms with E-state index in [0.29, 0.717) is 30.1 Å². The van der Waals surface area contributed by atoms with Crippen LogP contribution < -0.4 is 9.47 Å². The quantitative estimate of drug-likeness (QED) is 0.262. The number of hydrogen-bond acceptors (Lipinski definition) is 7. The molecule has 3 aromatic carbocycles. The van der Waals surface area contributed by atoms with Crippen molar-refractivity contribution in [3.05, 3.63) is 82.9 Å². The van der Waals surface area contributed by atoms with Gasteiger partial charge in [-0.05, 0) is 103 Å². The molecule has 1 unspecified atom stereocenters. The highest BCUT2D eigenvalue weighted by molar-refractivity contribution is 7.91. The zero-order chi connectivity index (χ0) is 27.7. The van der Waals surface area contributed by atoms with Crippen LogP contribution in [-0.4, -0.2) is 40.1 Å². The van der Waals surface area contributed by atoms with E-state index >= 15 is 0 Å². The van der Waals surface area contributed by atoms with Crippen molar-refractivity contribution in [2.75, 3.05) is 11.5 Å². The molecule has 1 atom stereocenters. The van der Waals surface area contributed by atoms with E-state index in [4.69, 9.17) is 9.47 Å². The molecule has 2 heterocycles. The Bertz CT molecular complexity index is 1570. The largest absolute Gasteiger partial charge is 0.568 e. The second-order valence-corrected chi connectivity index (χ2v) is 13.4. The Morgan fingerprint density at radius 1 is 0.974 bits per heavy atom. The van der Waals surface area contributed by atoms with Gasteiger partial charge in [-0.2, -0.15) is 0 Å². The molecule has 0 radical (unpaired) electrons. The number of aromatic nitrogens is 1. The molecule has 0 saturated carbocycles. The molecule has 1 aliphatic heterocycles. The highest BCUT2D eigenvalue weighted by Crippen LogP contribution is 2.36. The van der Waals surface area contributed by atoms with Gasteiger partial charge in [-0.25, -0.2) is 8.42 Å². The van der Waals surface area contributed by atoms with Crippen LogP contribution in [0.5, 0.6) is 17.4 Å². The topological polar surface area (TPSA) is 109 Å². The van der Waals surface area contributed by atoms with E-state index in [1.807, 2.05) is 30.3 Å². The molecule has 1 fully saturated rings. The highest BCUT2D eigenvalue weighted by Gasteiger charge is 2.25. The fourth-order valence-corrected chi connectivity index (χ4v) is 7.41. The first-order valence-corrected chi connectivity index (χ1v) is 15.7. The normalized spacial score (nSPS) is 15.7. The van der Waals surface area contributed by atoms with E-state index in [1.165, 1.54) is 6.07 Å². The Morgan fingerprint density at radius 3 is 2.26 bits per heavy atom. The van der Waals surface area contributed by atoms with E-state index in [9.17, 15) is 18.1 Å². The van der Waals surface area contributed by atoms with Crippen LogP contribution in [0.4, 0.5) is 0 Å². The van der Waals surface area contributed by atoms with Gasteiger partial charge in [0.15, 0.2) is 9.84 Å². The number of aromatic hydroxyl groups is 1. The molecule has 0 aliphatic carbocycles. The second kappa shape index (κ2) is 11.0. The Labute approximate surface area is 232 Å². The summed E-state index contributed by atoms with van der Waals surface area (Å²) in [6.07, 6.45) is 0.982. The minimum absolute atomic E-state index is 0.0769. The monoisotopic (exact) mass is 565 g/mol. The third kappa shape index (κ3) is 6.11. The summed E-state index contributed by atoms with van der Waals surface area (Å²) >= 11 is 0. The van der Waals surface area contributed by atoms with Crippen molar-refractivity contribution in [3.63, 3.8) is 0 Å². The van der Waals surface area contributed by atoms with Crippen LogP contribution in [-0.2, 0) is 16.4 Å². The van der Waals surface area contributed by atoms with Crippen molar-refractivity contribution >= 4 is 20.8 Å². The second-order valence-electron chi connectivity index (χ2n) is 10.0. The zero-order valence-electron chi connectivity index (χ0n) is 22.1. The molecule has 0 spiro atoms. The third-order valence-electron chi connectivity index (χ3n) is 7.18. The Morgan fingerprint density at radius 2 is 1.64 bits per heavy atom. The lowest BCUT2D eigenvalue weighted by atomic mass is 9.90. The summed E-state index contributed by atoms with van der Waals surface area (Å²) in [6, 6.07) is 18.9. The number of hydrogen-bond donors (Lipinski definition) is 1. The lowest BCUT2D eigenvalue weighted by Crippen LogP contribution is -2.30. The third-order valence-corrected chi connectivity index (χ3v) is 9.98. The lowest BCUT2D eigenvalue weighted by Gasteiger charge is -2.24. The Hall–Kier alpha value is -3.40. The van der Waals surface area contributed by atoms with E-state index in [2.05, 4.69) is 37.3 Å². The van der Waals surface area contributed by atoms with Gasteiger partial charge in [0.25, 0.3) is 5.88 Å². The van der Waals surface area contributed by atoms with Gasteiger partial charge in [-0.1, -0.05) is 18.2 Å². The maximum Gasteiger partial charge on any atom is 0.270 e. The first-order valence-electron chi connectivity index (χ1n) is 12.8.